The van der Waals surface area contributed by atoms with Gasteiger partial charge in [-0.2, -0.15) is 13.2 Å². The van der Waals surface area contributed by atoms with Crippen LogP contribution in [0.5, 0.6) is 0 Å². The van der Waals surface area contributed by atoms with Crippen molar-refractivity contribution in [3.8, 4) is 11.5 Å². The van der Waals surface area contributed by atoms with Crippen molar-refractivity contribution in [2.75, 3.05) is 26.3 Å². The fourth-order valence-corrected chi connectivity index (χ4v) is 4.27. The molecule has 2 atom stereocenters. The van der Waals surface area contributed by atoms with Gasteiger partial charge in [0, 0.05) is 36.0 Å². The first-order valence-electron chi connectivity index (χ1n) is 8.38. The fraction of sp³-hybridized carbons (Fsp3) is 0.500. The Hall–Kier alpha value is -1.90. The second-order valence-corrected chi connectivity index (χ2v) is 7.39. The number of alkyl halides is 3. The molecule has 2 N–H and O–H groups in total. The van der Waals surface area contributed by atoms with Gasteiger partial charge in [0.2, 0.25) is 5.89 Å². The molecule has 26 heavy (non-hydrogen) atoms. The minimum atomic E-state index is -4.48. The van der Waals surface area contributed by atoms with Crippen molar-refractivity contribution in [2.45, 2.75) is 19.1 Å². The second kappa shape index (κ2) is 5.80. The lowest BCUT2D eigenvalue weighted by molar-refractivity contribution is -0.137. The normalized spacial score (nSPS) is 28.3. The number of rotatable bonds is 5. The summed E-state index contributed by atoms with van der Waals surface area (Å²) in [6.07, 6.45) is -2.32. The zero-order chi connectivity index (χ0) is 18.6. The molecule has 1 aliphatic carbocycles. The number of fused-ring (bicyclic) bond motifs is 1. The molecule has 4 rings (SSSR count). The van der Waals surface area contributed by atoms with E-state index in [1.807, 2.05) is 4.90 Å². The number of aliphatic hydroxyl groups excluding tert-OH is 2. The van der Waals surface area contributed by atoms with E-state index in [2.05, 4.69) is 4.98 Å². The minimum absolute atomic E-state index is 0.0209. The quantitative estimate of drug-likeness (QED) is 0.849. The average molecular weight is 368 g/mol. The number of nitrogens with zero attached hydrogens (tertiary/aromatic N) is 2. The molecule has 0 spiro atoms. The lowest BCUT2D eigenvalue weighted by Gasteiger charge is -2.18. The SMILES string of the molecule is OC[C@@]12CN(Cc3coc(-c4ccccc4C(F)(F)F)n3)C[C@]1(CO)C2. The lowest BCUT2D eigenvalue weighted by Crippen LogP contribution is -2.26. The molecular formula is C18H19F3N2O3. The van der Waals surface area contributed by atoms with E-state index in [0.29, 0.717) is 25.3 Å². The predicted octanol–water partition coefficient (Wildman–Crippen LogP) is 2.54. The first-order chi connectivity index (χ1) is 12.3. The average Bonchev–Trinajstić information content (AvgIpc) is 2.92. The van der Waals surface area contributed by atoms with E-state index in [1.165, 1.54) is 24.5 Å². The highest BCUT2D eigenvalue weighted by molar-refractivity contribution is 5.59. The summed E-state index contributed by atoms with van der Waals surface area (Å²) < 4.78 is 44.8. The largest absolute Gasteiger partial charge is 0.444 e. The van der Waals surface area contributed by atoms with E-state index in [4.69, 9.17) is 4.42 Å². The second-order valence-electron chi connectivity index (χ2n) is 7.39. The topological polar surface area (TPSA) is 69.7 Å². The number of likely N-dealkylation sites (tertiary alicyclic amines) is 1. The first-order valence-corrected chi connectivity index (χ1v) is 8.38. The third kappa shape index (κ3) is 2.64. The number of piperidine rings is 1. The van der Waals surface area contributed by atoms with Crippen LogP contribution in [-0.4, -0.2) is 46.4 Å². The Morgan fingerprint density at radius 2 is 1.77 bits per heavy atom. The molecule has 2 heterocycles. The molecule has 140 valence electrons. The van der Waals surface area contributed by atoms with E-state index < -0.39 is 11.7 Å². The number of benzene rings is 1. The van der Waals surface area contributed by atoms with Crippen LogP contribution in [-0.2, 0) is 12.7 Å². The van der Waals surface area contributed by atoms with Crippen LogP contribution in [0.1, 0.15) is 17.7 Å². The lowest BCUT2D eigenvalue weighted by atomic mass is 9.98. The third-order valence-corrected chi connectivity index (χ3v) is 5.73. The van der Waals surface area contributed by atoms with Crippen LogP contribution in [0.4, 0.5) is 13.2 Å². The Bertz CT molecular complexity index is 804. The molecule has 1 saturated carbocycles. The van der Waals surface area contributed by atoms with Gasteiger partial charge >= 0.3 is 6.18 Å². The summed E-state index contributed by atoms with van der Waals surface area (Å²) in [6, 6.07) is 5.18. The first kappa shape index (κ1) is 17.5. The van der Waals surface area contributed by atoms with Crippen molar-refractivity contribution in [1.82, 2.24) is 9.88 Å². The van der Waals surface area contributed by atoms with Gasteiger partial charge in [-0.3, -0.25) is 4.90 Å². The molecule has 1 saturated heterocycles. The smallest absolute Gasteiger partial charge is 0.417 e. The van der Waals surface area contributed by atoms with Gasteiger partial charge in [-0.05, 0) is 18.6 Å². The van der Waals surface area contributed by atoms with E-state index in [0.717, 1.165) is 12.5 Å². The van der Waals surface area contributed by atoms with Crippen LogP contribution in [0.25, 0.3) is 11.5 Å². The summed E-state index contributed by atoms with van der Waals surface area (Å²) in [5.41, 5.74) is -0.878. The maximum absolute atomic E-state index is 13.2. The van der Waals surface area contributed by atoms with E-state index in [1.54, 1.807) is 0 Å². The molecule has 0 radical (unpaired) electrons. The van der Waals surface area contributed by atoms with Crippen LogP contribution >= 0.6 is 0 Å². The van der Waals surface area contributed by atoms with Crippen molar-refractivity contribution >= 4 is 0 Å². The van der Waals surface area contributed by atoms with Crippen molar-refractivity contribution < 1.29 is 27.8 Å². The Morgan fingerprint density at radius 1 is 1.12 bits per heavy atom. The molecule has 2 fully saturated rings. The molecule has 1 aliphatic heterocycles. The van der Waals surface area contributed by atoms with E-state index >= 15 is 0 Å². The Balaban J connectivity index is 1.52. The van der Waals surface area contributed by atoms with Gasteiger partial charge in [-0.15, -0.1) is 0 Å². The van der Waals surface area contributed by atoms with Gasteiger partial charge in [0.05, 0.1) is 24.5 Å². The molecule has 0 unspecified atom stereocenters. The van der Waals surface area contributed by atoms with Gasteiger partial charge in [-0.1, -0.05) is 12.1 Å². The van der Waals surface area contributed by atoms with Crippen molar-refractivity contribution in [3.05, 3.63) is 41.8 Å². The molecule has 2 aromatic rings. The van der Waals surface area contributed by atoms with Gasteiger partial charge in [0.25, 0.3) is 0 Å². The maximum Gasteiger partial charge on any atom is 0.417 e. The van der Waals surface area contributed by atoms with Gasteiger partial charge < -0.3 is 14.6 Å². The molecule has 1 aromatic heterocycles. The monoisotopic (exact) mass is 368 g/mol. The van der Waals surface area contributed by atoms with Crippen LogP contribution in [0, 0.1) is 10.8 Å². The highest BCUT2D eigenvalue weighted by Gasteiger charge is 2.71. The van der Waals surface area contributed by atoms with E-state index in [9.17, 15) is 23.4 Å². The third-order valence-electron chi connectivity index (χ3n) is 5.73. The zero-order valence-corrected chi connectivity index (χ0v) is 14.0. The van der Waals surface area contributed by atoms with Gasteiger partial charge in [0.15, 0.2) is 0 Å². The summed E-state index contributed by atoms with van der Waals surface area (Å²) in [7, 11) is 0. The summed E-state index contributed by atoms with van der Waals surface area (Å²) in [5, 5.41) is 19.3. The fourth-order valence-electron chi connectivity index (χ4n) is 4.27. The molecule has 5 nitrogen and oxygen atoms in total. The molecule has 2 aliphatic rings. The highest BCUT2D eigenvalue weighted by Crippen LogP contribution is 2.67. The Kier molecular flexibility index (Phi) is 3.91. The summed E-state index contributed by atoms with van der Waals surface area (Å²) in [6.45, 7) is 1.71. The van der Waals surface area contributed by atoms with Crippen LogP contribution in [0.15, 0.2) is 34.9 Å². The minimum Gasteiger partial charge on any atom is -0.444 e. The number of halogens is 3. The Labute approximate surface area is 148 Å². The standard InChI is InChI=1S/C18H19F3N2O3/c19-18(20,21)14-4-2-1-3-13(14)15-22-12(6-26-15)5-23-8-16(10-24)7-17(16,9-23)11-25/h1-4,6,24-25H,5,7-11H2/t16-,17+. The zero-order valence-electron chi connectivity index (χ0n) is 14.0. The highest BCUT2D eigenvalue weighted by atomic mass is 19.4. The van der Waals surface area contributed by atoms with Crippen LogP contribution in [0.2, 0.25) is 0 Å². The van der Waals surface area contributed by atoms with Gasteiger partial charge in [-0.25, -0.2) is 4.98 Å². The van der Waals surface area contributed by atoms with Crippen LogP contribution in [0.3, 0.4) is 0 Å². The molecule has 0 bridgehead atoms. The molecular weight excluding hydrogens is 349 g/mol. The van der Waals surface area contributed by atoms with Crippen molar-refractivity contribution in [2.24, 2.45) is 10.8 Å². The number of hydrogen-bond acceptors (Lipinski definition) is 5. The summed E-state index contributed by atoms with van der Waals surface area (Å²) >= 11 is 0. The number of hydrogen-bond donors (Lipinski definition) is 2. The number of aromatic nitrogens is 1. The molecule has 1 aromatic carbocycles. The number of aliphatic hydroxyl groups is 2. The predicted molar refractivity (Wildman–Crippen MR) is 85.9 cm³/mol. The Morgan fingerprint density at radius 3 is 2.38 bits per heavy atom. The summed E-state index contributed by atoms with van der Waals surface area (Å²) in [5.74, 6) is -0.0639. The van der Waals surface area contributed by atoms with Crippen LogP contribution < -0.4 is 0 Å². The summed E-state index contributed by atoms with van der Waals surface area (Å²) in [4.78, 5) is 6.27. The molecule has 8 heteroatoms. The van der Waals surface area contributed by atoms with Crippen molar-refractivity contribution in [1.29, 1.82) is 0 Å². The molecule has 0 amide bonds. The van der Waals surface area contributed by atoms with Gasteiger partial charge in [0.1, 0.15) is 6.26 Å². The van der Waals surface area contributed by atoms with Crippen molar-refractivity contribution in [3.63, 3.8) is 0 Å². The van der Waals surface area contributed by atoms with E-state index in [-0.39, 0.29) is 35.5 Å². The maximum atomic E-state index is 13.2. The number of oxazole rings is 1.